The van der Waals surface area contributed by atoms with Crippen molar-refractivity contribution in [2.45, 2.75) is 67.6 Å². The fourth-order valence-electron chi connectivity index (χ4n) is 3.66. The minimum atomic E-state index is -1.06. The molecule has 0 unspecified atom stereocenters. The minimum absolute atomic E-state index is 0.0344. The van der Waals surface area contributed by atoms with Gasteiger partial charge in [-0.05, 0) is 51.7 Å². The third-order valence-electron chi connectivity index (χ3n) is 5.77. The predicted molar refractivity (Wildman–Crippen MR) is 211 cm³/mol. The lowest BCUT2D eigenvalue weighted by Crippen LogP contribution is -2.14. The number of aliphatic carboxylic acids is 1. The number of esters is 1. The van der Waals surface area contributed by atoms with Crippen LogP contribution in [0.25, 0.3) is 35.2 Å². The standard InChI is InChI=1S/C18H21ClN4O5.C13H13ClN4O3.C5H9ClO2/c1-11(2)9-26-18(25)28-16(24)5-6-23-10-20-17(22-23)13-7-14(19)21-15(8-13)27-12(3)4;1-8(2)21-11-6-9(5-10(14)16-11)13-15-7-18(17-13)4-3-12(19)20;1-4(2)3-8-5(6)7/h5-8,10-12H,9H2,1-4H3;3-8H,1-2H3,(H,19,20);4H,3H2,1-2H3/b6-5-;4-3-;. The fraction of sp³-hybridized carbons (Fsp3) is 0.389. The number of carbonyl (C=O) groups is 4. The van der Waals surface area contributed by atoms with Crippen molar-refractivity contribution in [3.8, 4) is 34.5 Å². The topological polar surface area (TPSA) is 222 Å². The van der Waals surface area contributed by atoms with E-state index in [0.717, 1.165) is 12.2 Å². The van der Waals surface area contributed by atoms with Crippen LogP contribution < -0.4 is 9.47 Å². The summed E-state index contributed by atoms with van der Waals surface area (Å²) in [4.78, 5) is 59.7. The molecular weight excluding hydrogens is 811 g/mol. The second-order valence-corrected chi connectivity index (χ2v) is 13.8. The van der Waals surface area contributed by atoms with Crippen LogP contribution >= 0.6 is 34.8 Å². The number of rotatable bonds is 14. The first-order valence-corrected chi connectivity index (χ1v) is 18.2. The van der Waals surface area contributed by atoms with Crippen molar-refractivity contribution in [1.82, 2.24) is 39.5 Å². The summed E-state index contributed by atoms with van der Waals surface area (Å²) in [6.45, 7) is 15.7. The molecule has 0 amide bonds. The largest absolute Gasteiger partial charge is 0.516 e. The summed E-state index contributed by atoms with van der Waals surface area (Å²) in [5.41, 5.74) is 0.509. The van der Waals surface area contributed by atoms with Gasteiger partial charge in [0.2, 0.25) is 11.8 Å². The van der Waals surface area contributed by atoms with Crippen LogP contribution in [0, 0.1) is 11.8 Å². The average molecular weight is 854 g/mol. The van der Waals surface area contributed by atoms with Crippen molar-refractivity contribution in [2.75, 3.05) is 13.2 Å². The fourth-order valence-corrected chi connectivity index (χ4v) is 4.12. The van der Waals surface area contributed by atoms with Crippen LogP contribution in [0.2, 0.25) is 10.3 Å². The number of aromatic nitrogens is 8. The van der Waals surface area contributed by atoms with Gasteiger partial charge in [0.15, 0.2) is 11.6 Å². The number of ether oxygens (including phenoxy) is 5. The Bertz CT molecular complexity index is 2000. The van der Waals surface area contributed by atoms with Gasteiger partial charge in [-0.3, -0.25) is 0 Å². The molecule has 1 N–H and O–H groups in total. The van der Waals surface area contributed by atoms with E-state index in [-0.39, 0.29) is 35.0 Å². The Hall–Kier alpha value is -5.59. The molecule has 4 rings (SSSR count). The number of nitrogens with zero attached hydrogens (tertiary/aromatic N) is 8. The summed E-state index contributed by atoms with van der Waals surface area (Å²) >= 11 is 16.8. The lowest BCUT2D eigenvalue weighted by Gasteiger charge is -2.09. The molecular formula is C36H43Cl3N8O10. The molecule has 57 heavy (non-hydrogen) atoms. The summed E-state index contributed by atoms with van der Waals surface area (Å²) in [6, 6.07) is 6.53. The number of hydrogen-bond acceptors (Lipinski definition) is 15. The minimum Gasteiger partial charge on any atom is -0.478 e. The second kappa shape index (κ2) is 24.1. The SMILES string of the molecule is CC(C)COC(=O)Cl.CC(C)COC(=O)OC(=O)/C=C\n1cnc(-c2cc(Cl)nc(OC(C)C)c2)n1.CC(C)Oc1cc(-c2ncn(/C=C\C(=O)O)n2)cc(Cl)n1. The molecule has 18 nitrogen and oxygen atoms in total. The second-order valence-electron chi connectivity index (χ2n) is 12.8. The maximum atomic E-state index is 11.6. The summed E-state index contributed by atoms with van der Waals surface area (Å²) in [6.07, 6.45) is 6.20. The molecule has 4 aromatic heterocycles. The highest BCUT2D eigenvalue weighted by molar-refractivity contribution is 6.61. The predicted octanol–water partition coefficient (Wildman–Crippen LogP) is 7.94. The molecule has 0 atom stereocenters. The maximum absolute atomic E-state index is 11.6. The maximum Gasteiger partial charge on any atom is 0.516 e. The van der Waals surface area contributed by atoms with Crippen molar-refractivity contribution >= 4 is 70.7 Å². The lowest BCUT2D eigenvalue weighted by atomic mass is 10.2. The monoisotopic (exact) mass is 852 g/mol. The number of carboxylic acids is 1. The summed E-state index contributed by atoms with van der Waals surface area (Å²) in [7, 11) is 0. The quantitative estimate of drug-likeness (QED) is 0.0418. The van der Waals surface area contributed by atoms with Crippen molar-refractivity contribution < 1.29 is 48.0 Å². The number of halogens is 3. The van der Waals surface area contributed by atoms with Gasteiger partial charge in [-0.2, -0.15) is 0 Å². The van der Waals surface area contributed by atoms with Crippen LogP contribution in [0.3, 0.4) is 0 Å². The van der Waals surface area contributed by atoms with Crippen LogP contribution in [0.15, 0.2) is 49.1 Å². The number of carbonyl (C=O) groups excluding carboxylic acids is 3. The van der Waals surface area contributed by atoms with Gasteiger partial charge in [0.1, 0.15) is 23.0 Å². The highest BCUT2D eigenvalue weighted by Crippen LogP contribution is 2.25. The van der Waals surface area contributed by atoms with Crippen molar-refractivity contribution in [3.05, 3.63) is 59.4 Å². The van der Waals surface area contributed by atoms with Gasteiger partial charge in [0.05, 0.1) is 25.4 Å². The van der Waals surface area contributed by atoms with E-state index in [4.69, 9.17) is 54.1 Å². The van der Waals surface area contributed by atoms with Gasteiger partial charge in [-0.1, -0.05) is 50.9 Å². The van der Waals surface area contributed by atoms with Gasteiger partial charge >= 0.3 is 23.5 Å². The third kappa shape index (κ3) is 20.2. The Morgan fingerprint density at radius 1 is 0.702 bits per heavy atom. The first-order valence-electron chi connectivity index (χ1n) is 17.1. The number of carboxylic acid groups (broad SMARTS) is 1. The summed E-state index contributed by atoms with van der Waals surface area (Å²) < 4.78 is 27.3. The van der Waals surface area contributed by atoms with E-state index in [1.807, 2.05) is 55.4 Å². The molecule has 0 saturated carbocycles. The molecule has 0 fully saturated rings. The van der Waals surface area contributed by atoms with E-state index in [2.05, 4.69) is 39.6 Å². The van der Waals surface area contributed by atoms with Crippen LogP contribution in [-0.2, 0) is 23.8 Å². The molecule has 0 bridgehead atoms. The van der Waals surface area contributed by atoms with Gasteiger partial charge in [0.25, 0.3) is 0 Å². The Balaban J connectivity index is 0.000000339. The van der Waals surface area contributed by atoms with Crippen molar-refractivity contribution in [3.63, 3.8) is 0 Å². The Labute approximate surface area is 343 Å². The van der Waals surface area contributed by atoms with E-state index in [0.29, 0.717) is 47.1 Å². The average Bonchev–Trinajstić information content (AvgIpc) is 3.78. The molecule has 0 saturated heterocycles. The molecule has 0 spiro atoms. The van der Waals surface area contributed by atoms with Crippen molar-refractivity contribution in [2.24, 2.45) is 11.8 Å². The number of pyridine rings is 2. The van der Waals surface area contributed by atoms with Crippen LogP contribution in [0.1, 0.15) is 55.4 Å². The molecule has 308 valence electrons. The van der Waals surface area contributed by atoms with E-state index in [1.54, 1.807) is 24.3 Å². The first kappa shape index (κ1) is 47.6. The molecule has 0 aliphatic carbocycles. The van der Waals surface area contributed by atoms with Gasteiger partial charge in [0, 0.05) is 59.4 Å². The van der Waals surface area contributed by atoms with Crippen LogP contribution in [0.4, 0.5) is 9.59 Å². The van der Waals surface area contributed by atoms with Gasteiger partial charge < -0.3 is 28.8 Å². The molecule has 21 heteroatoms. The molecule has 0 aromatic carbocycles. The molecule has 4 aromatic rings. The normalized spacial score (nSPS) is 11.0. The zero-order valence-electron chi connectivity index (χ0n) is 32.3. The van der Waals surface area contributed by atoms with Crippen LogP contribution in [-0.4, -0.2) is 93.5 Å². The van der Waals surface area contributed by atoms with E-state index >= 15 is 0 Å². The van der Waals surface area contributed by atoms with Crippen molar-refractivity contribution in [1.29, 1.82) is 0 Å². The lowest BCUT2D eigenvalue weighted by molar-refractivity contribution is -0.134. The molecule has 0 radical (unpaired) electrons. The van der Waals surface area contributed by atoms with E-state index in [9.17, 15) is 19.2 Å². The smallest absolute Gasteiger partial charge is 0.478 e. The number of hydrogen-bond donors (Lipinski definition) is 1. The Kier molecular flexibility index (Phi) is 20.1. The van der Waals surface area contributed by atoms with Gasteiger partial charge in [-0.25, -0.2) is 48.5 Å². The highest BCUT2D eigenvalue weighted by atomic mass is 35.5. The summed E-state index contributed by atoms with van der Waals surface area (Å²) in [5.74, 6) is 0.0302. The zero-order valence-corrected chi connectivity index (χ0v) is 34.6. The van der Waals surface area contributed by atoms with E-state index < -0.39 is 23.5 Å². The Morgan fingerprint density at radius 3 is 1.53 bits per heavy atom. The zero-order chi connectivity index (χ0) is 42.7. The van der Waals surface area contributed by atoms with Crippen LogP contribution in [0.5, 0.6) is 11.8 Å². The molecule has 4 heterocycles. The van der Waals surface area contributed by atoms with Gasteiger partial charge in [-0.15, -0.1) is 10.2 Å². The first-order chi connectivity index (χ1) is 26.8. The molecule has 0 aliphatic rings. The third-order valence-corrected chi connectivity index (χ3v) is 6.27. The summed E-state index contributed by atoms with van der Waals surface area (Å²) in [5, 5.41) is 17.4. The molecule has 0 aliphatic heterocycles. The van der Waals surface area contributed by atoms with E-state index in [1.165, 1.54) is 34.4 Å². The Morgan fingerprint density at radius 2 is 1.14 bits per heavy atom. The highest BCUT2D eigenvalue weighted by Gasteiger charge is 2.13.